The Morgan fingerprint density at radius 3 is 2.38 bits per heavy atom. The van der Waals surface area contributed by atoms with E-state index in [0.717, 1.165) is 31.2 Å². The first kappa shape index (κ1) is 28.2. The lowest BCUT2D eigenvalue weighted by molar-refractivity contribution is -0.141. The van der Waals surface area contributed by atoms with Crippen molar-refractivity contribution in [1.82, 2.24) is 25.1 Å². The molecule has 0 spiro atoms. The minimum atomic E-state index is -4.77. The Morgan fingerprint density at radius 2 is 1.75 bits per heavy atom. The van der Waals surface area contributed by atoms with Gasteiger partial charge in [-0.2, -0.15) is 13.2 Å². The first-order chi connectivity index (χ1) is 19.0. The van der Waals surface area contributed by atoms with Crippen LogP contribution in [0, 0.1) is 11.6 Å². The van der Waals surface area contributed by atoms with Crippen LogP contribution in [0.4, 0.5) is 27.8 Å². The summed E-state index contributed by atoms with van der Waals surface area (Å²) >= 11 is 0. The molecule has 1 saturated carbocycles. The van der Waals surface area contributed by atoms with E-state index in [2.05, 4.69) is 20.2 Å². The third-order valence-corrected chi connectivity index (χ3v) is 7.85. The predicted molar refractivity (Wildman–Crippen MR) is 136 cm³/mol. The van der Waals surface area contributed by atoms with Crippen molar-refractivity contribution >= 4 is 17.6 Å². The summed E-state index contributed by atoms with van der Waals surface area (Å²) in [6, 6.07) is 3.17. The minimum absolute atomic E-state index is 0.0161. The van der Waals surface area contributed by atoms with Gasteiger partial charge in [0.1, 0.15) is 5.69 Å². The Labute approximate surface area is 228 Å². The van der Waals surface area contributed by atoms with E-state index in [1.54, 1.807) is 9.80 Å². The zero-order valence-electron chi connectivity index (χ0n) is 22.1. The summed E-state index contributed by atoms with van der Waals surface area (Å²) in [7, 11) is 0. The van der Waals surface area contributed by atoms with Crippen molar-refractivity contribution in [1.29, 1.82) is 0 Å². The highest BCUT2D eigenvalue weighted by Gasteiger charge is 2.41. The van der Waals surface area contributed by atoms with Gasteiger partial charge in [0.25, 0.3) is 11.8 Å². The molecule has 8 nitrogen and oxygen atoms in total. The maximum absolute atomic E-state index is 14.0. The number of nitrogens with zero attached hydrogens (tertiary/aromatic N) is 5. The van der Waals surface area contributed by atoms with Gasteiger partial charge < -0.3 is 15.1 Å². The molecule has 1 aliphatic carbocycles. The molecule has 3 fully saturated rings. The Bertz CT molecular complexity index is 1260. The summed E-state index contributed by atoms with van der Waals surface area (Å²) in [5.74, 6) is -3.37. The largest absolute Gasteiger partial charge is 0.437 e. The van der Waals surface area contributed by atoms with Crippen LogP contribution in [0.5, 0.6) is 0 Å². The van der Waals surface area contributed by atoms with Crippen molar-refractivity contribution in [2.75, 3.05) is 37.6 Å². The molecule has 13 heteroatoms. The van der Waals surface area contributed by atoms with Crippen LogP contribution in [-0.2, 0) is 6.18 Å². The molecule has 2 aliphatic heterocycles. The van der Waals surface area contributed by atoms with Crippen LogP contribution in [0.2, 0.25) is 0 Å². The van der Waals surface area contributed by atoms with Gasteiger partial charge in [0.2, 0.25) is 0 Å². The molecular weight excluding hydrogens is 535 g/mol. The number of aromatic nitrogens is 2. The molecule has 3 aliphatic rings. The lowest BCUT2D eigenvalue weighted by Gasteiger charge is -2.47. The smallest absolute Gasteiger partial charge is 0.352 e. The third kappa shape index (κ3) is 6.03. The molecule has 0 radical (unpaired) electrons. The lowest BCUT2D eigenvalue weighted by atomic mass is 9.97. The number of piperidine rings is 1. The Kier molecular flexibility index (Phi) is 7.94. The average Bonchev–Trinajstić information content (AvgIpc) is 3.77. The van der Waals surface area contributed by atoms with Crippen LogP contribution >= 0.6 is 0 Å². The van der Waals surface area contributed by atoms with Crippen molar-refractivity contribution in [3.63, 3.8) is 0 Å². The quantitative estimate of drug-likeness (QED) is 0.535. The van der Waals surface area contributed by atoms with Crippen molar-refractivity contribution in [3.05, 3.63) is 53.0 Å². The maximum Gasteiger partial charge on any atom is 0.437 e. The van der Waals surface area contributed by atoms with Crippen LogP contribution in [0.1, 0.15) is 65.6 Å². The molecule has 1 aromatic heterocycles. The highest BCUT2D eigenvalue weighted by atomic mass is 19.4. The molecule has 3 heterocycles. The van der Waals surface area contributed by atoms with Crippen molar-refractivity contribution in [3.8, 4) is 0 Å². The number of amides is 2. The van der Waals surface area contributed by atoms with Crippen LogP contribution in [0.3, 0.4) is 0 Å². The molecule has 216 valence electrons. The van der Waals surface area contributed by atoms with Crippen LogP contribution in [0.25, 0.3) is 0 Å². The monoisotopic (exact) mass is 566 g/mol. The number of rotatable bonds is 6. The molecule has 5 rings (SSSR count). The van der Waals surface area contributed by atoms with Gasteiger partial charge in [-0.05, 0) is 50.3 Å². The number of likely N-dealkylation sites (tertiary alicyclic amines) is 1. The van der Waals surface area contributed by atoms with Crippen LogP contribution in [0.15, 0.2) is 24.4 Å². The summed E-state index contributed by atoms with van der Waals surface area (Å²) in [5.41, 5.74) is -1.42. The molecule has 40 heavy (non-hydrogen) atoms. The van der Waals surface area contributed by atoms with E-state index >= 15 is 0 Å². The number of benzene rings is 1. The second kappa shape index (κ2) is 11.3. The maximum atomic E-state index is 14.0. The summed E-state index contributed by atoms with van der Waals surface area (Å²) in [4.78, 5) is 38.3. The molecule has 2 amide bonds. The molecule has 1 atom stereocenters. The van der Waals surface area contributed by atoms with Gasteiger partial charge in [-0.3, -0.25) is 14.5 Å². The number of nitrogens with one attached hydrogen (secondary N) is 1. The Morgan fingerprint density at radius 1 is 1.02 bits per heavy atom. The summed E-state index contributed by atoms with van der Waals surface area (Å²) in [6.07, 6.45) is -0.0553. The van der Waals surface area contributed by atoms with E-state index in [4.69, 9.17) is 0 Å². The fourth-order valence-corrected chi connectivity index (χ4v) is 5.52. The van der Waals surface area contributed by atoms with Crippen molar-refractivity contribution in [2.45, 2.75) is 63.3 Å². The number of hydrogen-bond acceptors (Lipinski definition) is 6. The molecule has 0 unspecified atom stereocenters. The predicted octanol–water partition coefficient (Wildman–Crippen LogP) is 3.87. The summed E-state index contributed by atoms with van der Waals surface area (Å²) in [5, 5.41) is 2.64. The Hall–Kier alpha value is -3.35. The Balaban J connectivity index is 1.24. The molecule has 2 saturated heterocycles. The van der Waals surface area contributed by atoms with Gasteiger partial charge in [-0.25, -0.2) is 18.7 Å². The number of halogens is 5. The van der Waals surface area contributed by atoms with E-state index in [0.29, 0.717) is 52.0 Å². The highest BCUT2D eigenvalue weighted by Crippen LogP contribution is 2.36. The van der Waals surface area contributed by atoms with E-state index in [1.807, 2.05) is 6.92 Å². The van der Waals surface area contributed by atoms with Crippen molar-refractivity contribution < 1.29 is 31.5 Å². The number of carbonyl (C=O) groups excluding carboxylic acids is 2. The van der Waals surface area contributed by atoms with Crippen molar-refractivity contribution in [2.24, 2.45) is 0 Å². The zero-order chi connectivity index (χ0) is 28.6. The van der Waals surface area contributed by atoms with Crippen LogP contribution < -0.4 is 10.2 Å². The number of hydrogen-bond donors (Lipinski definition) is 1. The van der Waals surface area contributed by atoms with E-state index in [1.165, 1.54) is 6.07 Å². The first-order valence-corrected chi connectivity index (χ1v) is 13.5. The average molecular weight is 567 g/mol. The van der Waals surface area contributed by atoms with Gasteiger partial charge in [-0.15, -0.1) is 0 Å². The van der Waals surface area contributed by atoms with Gasteiger partial charge in [0.15, 0.2) is 23.1 Å². The number of piperazine rings is 1. The number of carbonyl (C=O) groups is 2. The third-order valence-electron chi connectivity index (χ3n) is 7.85. The number of anilines is 1. The lowest BCUT2D eigenvalue weighted by Crippen LogP contribution is -2.59. The second-order valence-corrected chi connectivity index (χ2v) is 10.6. The van der Waals surface area contributed by atoms with Gasteiger partial charge in [-0.1, -0.05) is 6.92 Å². The fraction of sp³-hybridized carbons (Fsp3) is 0.556. The van der Waals surface area contributed by atoms with Gasteiger partial charge in [0.05, 0.1) is 6.20 Å². The minimum Gasteiger partial charge on any atom is -0.352 e. The first-order valence-electron chi connectivity index (χ1n) is 13.5. The molecule has 1 aromatic carbocycles. The van der Waals surface area contributed by atoms with Gasteiger partial charge in [0, 0.05) is 56.4 Å². The van der Waals surface area contributed by atoms with Crippen LogP contribution in [-0.4, -0.2) is 82.4 Å². The fourth-order valence-electron chi connectivity index (χ4n) is 5.52. The second-order valence-electron chi connectivity index (χ2n) is 10.6. The van der Waals surface area contributed by atoms with E-state index in [9.17, 15) is 31.5 Å². The zero-order valence-corrected chi connectivity index (χ0v) is 22.1. The SMILES string of the molecule is CC[C@H]1CN(c2ncc(C(=O)NC3CC3)nc2C(F)(F)F)CCN1C1CCN(C(=O)c2ccc(F)c(F)c2)CC1. The van der Waals surface area contributed by atoms with Gasteiger partial charge >= 0.3 is 6.18 Å². The molecule has 0 bridgehead atoms. The molecule has 1 N–H and O–H groups in total. The summed E-state index contributed by atoms with van der Waals surface area (Å²) in [6.45, 7) is 3.97. The number of alkyl halides is 3. The van der Waals surface area contributed by atoms with E-state index < -0.39 is 29.4 Å². The standard InChI is InChI=1S/C27H31F5N6O2/c1-2-18-15-37(24-23(27(30,31)32)35-22(14-33-24)25(39)34-17-4-5-17)11-12-38(18)19-7-9-36(10-8-19)26(40)16-3-6-20(28)21(29)13-16/h3,6,13-14,17-19H,2,4-5,7-12,15H2,1H3,(H,34,39)/t18-/m0/s1. The molecular formula is C27H31F5N6O2. The normalized spacial score (nSPS) is 21.0. The molecule has 2 aromatic rings. The topological polar surface area (TPSA) is 81.7 Å². The van der Waals surface area contributed by atoms with E-state index in [-0.39, 0.29) is 41.1 Å². The summed E-state index contributed by atoms with van der Waals surface area (Å²) < 4.78 is 68.8. The highest BCUT2D eigenvalue weighted by molar-refractivity contribution is 5.94.